The number of halogens is 1. The number of ether oxygens (including phenoxy) is 1. The van der Waals surface area contributed by atoms with Crippen LogP contribution in [0.2, 0.25) is 0 Å². The van der Waals surface area contributed by atoms with E-state index in [0.29, 0.717) is 6.42 Å². The molecule has 2 aliphatic heterocycles. The number of hydrogen-bond acceptors (Lipinski definition) is 5. The monoisotopic (exact) mass is 446 g/mol. The first-order valence-electron chi connectivity index (χ1n) is 11.2. The zero-order valence-electron chi connectivity index (χ0n) is 19.1. The van der Waals surface area contributed by atoms with Crippen LogP contribution in [-0.4, -0.2) is 33.9 Å². The number of fused-ring (bicyclic) bond motifs is 1. The lowest BCUT2D eigenvalue weighted by Gasteiger charge is -2.39. The molecule has 33 heavy (non-hydrogen) atoms. The fourth-order valence-electron chi connectivity index (χ4n) is 4.71. The molecule has 2 aromatic carbocycles. The van der Waals surface area contributed by atoms with Crippen LogP contribution in [0.15, 0.2) is 65.7 Å². The molecule has 5 rings (SSSR count). The van der Waals surface area contributed by atoms with Gasteiger partial charge in [0.05, 0.1) is 24.8 Å². The third-order valence-electron chi connectivity index (χ3n) is 6.40. The number of methoxy groups -OCH3 is 1. The normalized spacial score (nSPS) is 21.0. The van der Waals surface area contributed by atoms with Crippen molar-refractivity contribution in [3.05, 3.63) is 83.2 Å². The number of rotatable bonds is 5. The Bertz CT molecular complexity index is 1230. The highest BCUT2D eigenvalue weighted by Gasteiger charge is 2.48. The molecular weight excluding hydrogens is 419 g/mol. The van der Waals surface area contributed by atoms with Crippen LogP contribution in [-0.2, 0) is 10.6 Å². The van der Waals surface area contributed by atoms with Gasteiger partial charge in [-0.25, -0.2) is 9.37 Å². The number of piperidine rings is 1. The van der Waals surface area contributed by atoms with Crippen LogP contribution in [0.4, 0.5) is 4.39 Å². The molecule has 1 saturated heterocycles. The van der Waals surface area contributed by atoms with Crippen LogP contribution in [0, 0.1) is 12.7 Å². The van der Waals surface area contributed by atoms with Crippen molar-refractivity contribution in [3.8, 4) is 11.4 Å². The van der Waals surface area contributed by atoms with Gasteiger partial charge in [-0.05, 0) is 61.2 Å². The minimum Gasteiger partial charge on any atom is -0.495 e. The second kappa shape index (κ2) is 8.39. The molecule has 0 radical (unpaired) electrons. The summed E-state index contributed by atoms with van der Waals surface area (Å²) in [6, 6.07) is 12.7. The smallest absolute Gasteiger partial charge is 0.237 e. The van der Waals surface area contributed by atoms with Crippen molar-refractivity contribution in [2.75, 3.05) is 13.7 Å². The second-order valence-corrected chi connectivity index (χ2v) is 8.43. The third-order valence-corrected chi connectivity index (χ3v) is 6.40. The Labute approximate surface area is 192 Å². The molecule has 1 aromatic heterocycles. The summed E-state index contributed by atoms with van der Waals surface area (Å²) in [6.07, 6.45) is 8.50. The lowest BCUT2D eigenvalue weighted by atomic mass is 9.93. The molecule has 0 N–H and O–H groups in total. The molecule has 1 fully saturated rings. The average Bonchev–Trinajstić information content (AvgIpc) is 3.44. The molecule has 0 saturated carbocycles. The summed E-state index contributed by atoms with van der Waals surface area (Å²) in [4.78, 5) is 12.6. The molecular formula is C26H27FN4O2. The second-order valence-electron chi connectivity index (χ2n) is 8.43. The first-order chi connectivity index (χ1) is 16.0. The summed E-state index contributed by atoms with van der Waals surface area (Å²) >= 11 is 0. The van der Waals surface area contributed by atoms with E-state index >= 15 is 0 Å². The number of oxime groups is 1. The van der Waals surface area contributed by atoms with E-state index in [4.69, 9.17) is 9.57 Å². The minimum atomic E-state index is -0.705. The summed E-state index contributed by atoms with van der Waals surface area (Å²) in [7, 11) is 1.68. The zero-order valence-corrected chi connectivity index (χ0v) is 19.1. The van der Waals surface area contributed by atoms with E-state index in [9.17, 15) is 4.39 Å². The molecule has 3 heterocycles. The molecule has 2 aliphatic rings. The van der Waals surface area contributed by atoms with Crippen molar-refractivity contribution < 1.29 is 14.0 Å². The highest BCUT2D eigenvalue weighted by atomic mass is 19.1. The molecule has 0 spiro atoms. The zero-order chi connectivity index (χ0) is 23.0. The quantitative estimate of drug-likeness (QED) is 0.526. The van der Waals surface area contributed by atoms with Gasteiger partial charge in [-0.1, -0.05) is 30.3 Å². The van der Waals surface area contributed by atoms with E-state index in [1.807, 2.05) is 29.8 Å². The number of amidine groups is 1. The van der Waals surface area contributed by atoms with Gasteiger partial charge < -0.3 is 19.0 Å². The molecule has 6 nitrogen and oxygen atoms in total. The van der Waals surface area contributed by atoms with Crippen LogP contribution in [0.25, 0.3) is 11.8 Å². The van der Waals surface area contributed by atoms with Gasteiger partial charge in [-0.15, -0.1) is 0 Å². The van der Waals surface area contributed by atoms with Gasteiger partial charge in [-0.2, -0.15) is 0 Å². The van der Waals surface area contributed by atoms with Crippen molar-refractivity contribution in [3.63, 3.8) is 0 Å². The van der Waals surface area contributed by atoms with Crippen molar-refractivity contribution >= 4 is 11.9 Å². The van der Waals surface area contributed by atoms with Crippen LogP contribution in [0.5, 0.6) is 5.75 Å². The number of hydrogen-bond donors (Lipinski definition) is 0. The minimum absolute atomic E-state index is 0.258. The van der Waals surface area contributed by atoms with Crippen LogP contribution in [0.1, 0.15) is 43.0 Å². The van der Waals surface area contributed by atoms with Gasteiger partial charge in [0.1, 0.15) is 11.6 Å². The summed E-state index contributed by atoms with van der Waals surface area (Å²) in [5.74, 6) is 1.36. The fraction of sp³-hybridized carbons (Fsp3) is 0.308. The summed E-state index contributed by atoms with van der Waals surface area (Å²) < 4.78 is 21.2. The Morgan fingerprint density at radius 1 is 1.21 bits per heavy atom. The van der Waals surface area contributed by atoms with Crippen molar-refractivity contribution in [1.82, 2.24) is 14.5 Å². The van der Waals surface area contributed by atoms with Crippen LogP contribution < -0.4 is 4.74 Å². The van der Waals surface area contributed by atoms with E-state index in [2.05, 4.69) is 34.1 Å². The van der Waals surface area contributed by atoms with E-state index in [0.717, 1.165) is 59.1 Å². The van der Waals surface area contributed by atoms with Gasteiger partial charge >= 0.3 is 0 Å². The maximum Gasteiger partial charge on any atom is 0.237 e. The summed E-state index contributed by atoms with van der Waals surface area (Å²) in [6.45, 7) is 4.87. The van der Waals surface area contributed by atoms with Gasteiger partial charge in [0.25, 0.3) is 0 Å². The molecule has 7 heteroatoms. The summed E-state index contributed by atoms with van der Waals surface area (Å²) in [5, 5.41) is 4.51. The Kier molecular flexibility index (Phi) is 5.40. The standard InChI is InChI=1S/C26H27FN4O2/c1-4-26(21-8-10-22(27)11-9-21)31-13-5-6-20(25(31)29-33-26)14-19-7-12-23(24(15-19)32-3)30-16-18(2)28-17-30/h7-12,14-17H,4-6,13H2,1-3H3. The number of aryl methyl sites for hydroxylation is 1. The van der Waals surface area contributed by atoms with Crippen molar-refractivity contribution in [2.45, 2.75) is 38.8 Å². The molecule has 1 unspecified atom stereocenters. The summed E-state index contributed by atoms with van der Waals surface area (Å²) in [5.41, 5.74) is 4.24. The Morgan fingerprint density at radius 2 is 2.03 bits per heavy atom. The lowest BCUT2D eigenvalue weighted by Crippen LogP contribution is -2.48. The van der Waals surface area contributed by atoms with Gasteiger partial charge in [0, 0.05) is 24.7 Å². The lowest BCUT2D eigenvalue weighted by molar-refractivity contribution is -0.109. The molecule has 3 aromatic rings. The van der Waals surface area contributed by atoms with E-state index in [1.165, 1.54) is 12.1 Å². The van der Waals surface area contributed by atoms with Crippen molar-refractivity contribution in [1.29, 1.82) is 0 Å². The van der Waals surface area contributed by atoms with Crippen LogP contribution >= 0.6 is 0 Å². The number of imidazole rings is 1. The first-order valence-corrected chi connectivity index (χ1v) is 11.2. The van der Waals surface area contributed by atoms with Gasteiger partial charge in [-0.3, -0.25) is 0 Å². The topological polar surface area (TPSA) is 51.9 Å². The number of benzene rings is 2. The predicted molar refractivity (Wildman–Crippen MR) is 126 cm³/mol. The van der Waals surface area contributed by atoms with E-state index < -0.39 is 5.72 Å². The molecule has 0 aliphatic carbocycles. The Morgan fingerprint density at radius 3 is 2.73 bits per heavy atom. The van der Waals surface area contributed by atoms with Gasteiger partial charge in [0.15, 0.2) is 5.84 Å². The largest absolute Gasteiger partial charge is 0.495 e. The SMILES string of the molecule is CCC1(c2ccc(F)cc2)ON=C2C(=Cc3ccc(-n4cnc(C)c4)c(OC)c3)CCCN21. The fourth-order valence-corrected chi connectivity index (χ4v) is 4.71. The molecule has 170 valence electrons. The number of aromatic nitrogens is 2. The Balaban J connectivity index is 1.47. The maximum atomic E-state index is 13.5. The predicted octanol–water partition coefficient (Wildman–Crippen LogP) is 5.41. The molecule has 1 atom stereocenters. The third kappa shape index (κ3) is 3.67. The molecule has 0 amide bonds. The molecule has 0 bridgehead atoms. The highest BCUT2D eigenvalue weighted by Crippen LogP contribution is 2.42. The van der Waals surface area contributed by atoms with Crippen LogP contribution in [0.3, 0.4) is 0 Å². The Hall–Kier alpha value is -3.61. The van der Waals surface area contributed by atoms with Crippen molar-refractivity contribution in [2.24, 2.45) is 5.16 Å². The van der Waals surface area contributed by atoms with Gasteiger partial charge in [0.2, 0.25) is 5.72 Å². The maximum absolute atomic E-state index is 13.5. The highest BCUT2D eigenvalue weighted by molar-refractivity contribution is 6.03. The van der Waals surface area contributed by atoms with E-state index in [-0.39, 0.29) is 5.82 Å². The number of nitrogens with zero attached hydrogens (tertiary/aromatic N) is 4. The van der Waals surface area contributed by atoms with E-state index in [1.54, 1.807) is 25.6 Å². The average molecular weight is 447 g/mol. The first kappa shape index (κ1) is 21.2.